The first-order valence-corrected chi connectivity index (χ1v) is 7.21. The van der Waals surface area contributed by atoms with Crippen LogP contribution in [0.2, 0.25) is 0 Å². The van der Waals surface area contributed by atoms with Gasteiger partial charge in [0.15, 0.2) is 0 Å². The summed E-state index contributed by atoms with van der Waals surface area (Å²) in [6.45, 7) is 7.56. The summed E-state index contributed by atoms with van der Waals surface area (Å²) in [6.07, 6.45) is -0.137. The largest absolute Gasteiger partial charge is 0.398 e. The van der Waals surface area contributed by atoms with E-state index in [1.54, 1.807) is 0 Å². The second kappa shape index (κ2) is 5.83. The second-order valence-electron chi connectivity index (χ2n) is 5.30. The molecule has 0 bridgehead atoms. The molecule has 0 amide bonds. The first-order chi connectivity index (χ1) is 10.2. The van der Waals surface area contributed by atoms with Gasteiger partial charge in [-0.1, -0.05) is 23.7 Å². The summed E-state index contributed by atoms with van der Waals surface area (Å²) in [6, 6.07) is 5.76. The Bertz CT molecular complexity index is 626. The first kappa shape index (κ1) is 14.0. The minimum atomic E-state index is -0.137. The topological polar surface area (TPSA) is 77.4 Å². The number of nitrogen functional groups attached to an aromatic ring is 1. The number of anilines is 1. The molecule has 1 atom stereocenters. The maximum atomic E-state index is 5.99. The van der Waals surface area contributed by atoms with Gasteiger partial charge in [0.2, 0.25) is 5.82 Å². The van der Waals surface area contributed by atoms with Crippen molar-refractivity contribution in [2.24, 2.45) is 0 Å². The Morgan fingerprint density at radius 3 is 3.10 bits per heavy atom. The molecule has 1 aliphatic rings. The fourth-order valence-corrected chi connectivity index (χ4v) is 2.48. The Balaban J connectivity index is 1.84. The number of aryl methyl sites for hydroxylation is 1. The van der Waals surface area contributed by atoms with E-state index in [9.17, 15) is 0 Å². The molecule has 2 heterocycles. The molecule has 1 fully saturated rings. The zero-order valence-electron chi connectivity index (χ0n) is 12.4. The third kappa shape index (κ3) is 2.91. The van der Waals surface area contributed by atoms with Crippen molar-refractivity contribution < 1.29 is 9.26 Å². The molecule has 0 radical (unpaired) electrons. The van der Waals surface area contributed by atoms with Crippen LogP contribution >= 0.6 is 0 Å². The molecule has 1 saturated heterocycles. The van der Waals surface area contributed by atoms with Crippen LogP contribution in [0.15, 0.2) is 22.7 Å². The smallest absolute Gasteiger partial charge is 0.260 e. The number of hydrogen-bond donors (Lipinski definition) is 1. The van der Waals surface area contributed by atoms with E-state index in [1.807, 2.05) is 25.1 Å². The third-order valence-corrected chi connectivity index (χ3v) is 3.77. The number of morpholine rings is 1. The molecule has 6 heteroatoms. The molecule has 112 valence electrons. The highest BCUT2D eigenvalue weighted by Crippen LogP contribution is 2.27. The van der Waals surface area contributed by atoms with Crippen molar-refractivity contribution in [3.05, 3.63) is 29.6 Å². The van der Waals surface area contributed by atoms with Crippen molar-refractivity contribution >= 4 is 5.69 Å². The van der Waals surface area contributed by atoms with Gasteiger partial charge in [0.25, 0.3) is 5.89 Å². The van der Waals surface area contributed by atoms with Crippen LogP contribution in [0, 0.1) is 6.92 Å². The van der Waals surface area contributed by atoms with E-state index >= 15 is 0 Å². The molecule has 21 heavy (non-hydrogen) atoms. The molecular formula is C15H20N4O2. The van der Waals surface area contributed by atoms with Crippen LogP contribution < -0.4 is 5.73 Å². The summed E-state index contributed by atoms with van der Waals surface area (Å²) in [5, 5.41) is 4.06. The number of nitrogens with two attached hydrogens (primary N) is 1. The van der Waals surface area contributed by atoms with Crippen molar-refractivity contribution in [3.63, 3.8) is 0 Å². The predicted octanol–water partition coefficient (Wildman–Crippen LogP) is 2.02. The van der Waals surface area contributed by atoms with Crippen LogP contribution in [0.4, 0.5) is 5.69 Å². The summed E-state index contributed by atoms with van der Waals surface area (Å²) in [7, 11) is 0. The second-order valence-corrected chi connectivity index (χ2v) is 5.30. The monoisotopic (exact) mass is 288 g/mol. The van der Waals surface area contributed by atoms with E-state index in [1.165, 1.54) is 0 Å². The molecule has 1 aromatic heterocycles. The number of nitrogens with zero attached hydrogens (tertiary/aromatic N) is 3. The van der Waals surface area contributed by atoms with Gasteiger partial charge < -0.3 is 15.0 Å². The van der Waals surface area contributed by atoms with Gasteiger partial charge in [0, 0.05) is 18.8 Å². The van der Waals surface area contributed by atoms with E-state index in [2.05, 4.69) is 22.0 Å². The molecule has 1 aliphatic heterocycles. The summed E-state index contributed by atoms with van der Waals surface area (Å²) < 4.78 is 11.1. The molecular weight excluding hydrogens is 268 g/mol. The van der Waals surface area contributed by atoms with Crippen molar-refractivity contribution in [2.45, 2.75) is 20.0 Å². The highest BCUT2D eigenvalue weighted by Gasteiger charge is 2.26. The lowest BCUT2D eigenvalue weighted by atomic mass is 10.1. The Kier molecular flexibility index (Phi) is 3.90. The van der Waals surface area contributed by atoms with Gasteiger partial charge in [0.05, 0.1) is 12.2 Å². The molecule has 0 aliphatic carbocycles. The SMILES string of the molecule is CCN1CCOC(c2noc(-c3cc(C)ccc3N)n2)C1. The highest BCUT2D eigenvalue weighted by molar-refractivity contribution is 5.70. The molecule has 2 aromatic rings. The van der Waals surface area contributed by atoms with E-state index in [4.69, 9.17) is 15.0 Å². The van der Waals surface area contributed by atoms with E-state index in [0.717, 1.165) is 30.8 Å². The lowest BCUT2D eigenvalue weighted by Crippen LogP contribution is -2.38. The van der Waals surface area contributed by atoms with Crippen LogP contribution in [0.25, 0.3) is 11.5 Å². The Labute approximate surface area is 123 Å². The number of rotatable bonds is 3. The summed E-state index contributed by atoms with van der Waals surface area (Å²) in [4.78, 5) is 6.78. The van der Waals surface area contributed by atoms with Gasteiger partial charge in [0.1, 0.15) is 6.10 Å². The molecule has 0 saturated carbocycles. The summed E-state index contributed by atoms with van der Waals surface area (Å²) >= 11 is 0. The Hall–Kier alpha value is -1.92. The van der Waals surface area contributed by atoms with Crippen molar-refractivity contribution in [2.75, 3.05) is 32.0 Å². The van der Waals surface area contributed by atoms with Crippen LogP contribution in [0.3, 0.4) is 0 Å². The van der Waals surface area contributed by atoms with Crippen molar-refractivity contribution in [1.82, 2.24) is 15.0 Å². The molecule has 2 N–H and O–H groups in total. The lowest BCUT2D eigenvalue weighted by Gasteiger charge is -2.30. The number of hydrogen-bond acceptors (Lipinski definition) is 6. The quantitative estimate of drug-likeness (QED) is 0.871. The van der Waals surface area contributed by atoms with Gasteiger partial charge in [-0.15, -0.1) is 0 Å². The van der Waals surface area contributed by atoms with Crippen LogP contribution in [-0.2, 0) is 4.74 Å². The van der Waals surface area contributed by atoms with E-state index < -0.39 is 0 Å². The lowest BCUT2D eigenvalue weighted by molar-refractivity contribution is -0.0334. The molecule has 6 nitrogen and oxygen atoms in total. The summed E-state index contributed by atoms with van der Waals surface area (Å²) in [5.41, 5.74) is 8.50. The maximum absolute atomic E-state index is 5.99. The van der Waals surface area contributed by atoms with Crippen LogP contribution in [0.1, 0.15) is 24.4 Å². The molecule has 1 aromatic carbocycles. The zero-order chi connectivity index (χ0) is 14.8. The van der Waals surface area contributed by atoms with Crippen molar-refractivity contribution in [1.29, 1.82) is 0 Å². The fourth-order valence-electron chi connectivity index (χ4n) is 2.48. The maximum Gasteiger partial charge on any atom is 0.260 e. The minimum Gasteiger partial charge on any atom is -0.398 e. The fraction of sp³-hybridized carbons (Fsp3) is 0.467. The predicted molar refractivity (Wildman–Crippen MR) is 79.7 cm³/mol. The third-order valence-electron chi connectivity index (χ3n) is 3.77. The molecule has 3 rings (SSSR count). The normalized spacial score (nSPS) is 19.8. The number of aromatic nitrogens is 2. The van der Waals surface area contributed by atoms with Crippen LogP contribution in [0.5, 0.6) is 0 Å². The van der Waals surface area contributed by atoms with E-state index in [0.29, 0.717) is 24.0 Å². The Morgan fingerprint density at radius 2 is 2.29 bits per heavy atom. The van der Waals surface area contributed by atoms with E-state index in [-0.39, 0.29) is 6.10 Å². The number of ether oxygens (including phenoxy) is 1. The average molecular weight is 288 g/mol. The van der Waals surface area contributed by atoms with Gasteiger partial charge in [-0.25, -0.2) is 0 Å². The standard InChI is InChI=1S/C15H20N4O2/c1-3-19-6-7-20-13(9-19)14-17-15(21-18-14)11-8-10(2)4-5-12(11)16/h4-5,8,13H,3,6-7,9,16H2,1-2H3. The Morgan fingerprint density at radius 1 is 1.43 bits per heavy atom. The van der Waals surface area contributed by atoms with Gasteiger partial charge in [-0.2, -0.15) is 4.98 Å². The molecule has 0 spiro atoms. The van der Waals surface area contributed by atoms with Gasteiger partial charge in [-0.05, 0) is 25.6 Å². The highest BCUT2D eigenvalue weighted by atomic mass is 16.5. The van der Waals surface area contributed by atoms with Crippen LogP contribution in [-0.4, -0.2) is 41.3 Å². The molecule has 1 unspecified atom stereocenters. The van der Waals surface area contributed by atoms with Gasteiger partial charge in [-0.3, -0.25) is 4.90 Å². The summed E-state index contributed by atoms with van der Waals surface area (Å²) in [5.74, 6) is 1.03. The van der Waals surface area contributed by atoms with Crippen molar-refractivity contribution in [3.8, 4) is 11.5 Å². The average Bonchev–Trinajstić information content (AvgIpc) is 2.99. The zero-order valence-corrected chi connectivity index (χ0v) is 12.4. The first-order valence-electron chi connectivity index (χ1n) is 7.21. The van der Waals surface area contributed by atoms with Gasteiger partial charge >= 0.3 is 0 Å². The number of likely N-dealkylation sites (N-methyl/N-ethyl adjacent to an activating group) is 1. The number of benzene rings is 1. The minimum absolute atomic E-state index is 0.137.